The van der Waals surface area contributed by atoms with Gasteiger partial charge in [0.2, 0.25) is 15.9 Å². The van der Waals surface area contributed by atoms with Crippen molar-refractivity contribution in [3.8, 4) is 0 Å². The summed E-state index contributed by atoms with van der Waals surface area (Å²) in [4.78, 5) is 12.1. The Morgan fingerprint density at radius 3 is 2.26 bits per heavy atom. The summed E-state index contributed by atoms with van der Waals surface area (Å²) in [5.41, 5.74) is 0.971. The number of amides is 1. The molecule has 0 aliphatic heterocycles. The van der Waals surface area contributed by atoms with Crippen LogP contribution in [-0.2, 0) is 21.2 Å². The second kappa shape index (κ2) is 8.58. The highest BCUT2D eigenvalue weighted by atomic mass is 32.2. The van der Waals surface area contributed by atoms with E-state index in [0.717, 1.165) is 12.1 Å². The van der Waals surface area contributed by atoms with E-state index in [0.29, 0.717) is 11.3 Å². The molecule has 0 bridgehead atoms. The molecule has 0 spiro atoms. The highest BCUT2D eigenvalue weighted by Gasteiger charge is 2.22. The van der Waals surface area contributed by atoms with Crippen molar-refractivity contribution in [2.24, 2.45) is 0 Å². The summed E-state index contributed by atoms with van der Waals surface area (Å²) in [5, 5.41) is 2.65. The molecule has 1 amide bonds. The Kier molecular flexibility index (Phi) is 6.67. The molecule has 0 aliphatic rings. The van der Waals surface area contributed by atoms with Crippen molar-refractivity contribution in [2.75, 3.05) is 12.4 Å². The van der Waals surface area contributed by atoms with Crippen molar-refractivity contribution in [3.63, 3.8) is 0 Å². The number of hydrogen-bond donors (Lipinski definition) is 1. The molecule has 0 saturated carbocycles. The molecule has 2 aromatic rings. The summed E-state index contributed by atoms with van der Waals surface area (Å²) in [6.45, 7) is 3.55. The normalized spacial score (nSPS) is 11.8. The molecule has 0 aliphatic carbocycles. The van der Waals surface area contributed by atoms with Gasteiger partial charge in [0.05, 0.1) is 4.90 Å². The van der Waals surface area contributed by atoms with Crippen LogP contribution in [0, 0.1) is 11.6 Å². The van der Waals surface area contributed by atoms with Crippen molar-refractivity contribution in [2.45, 2.75) is 37.6 Å². The molecular formula is C19H22F2N2O3S. The van der Waals surface area contributed by atoms with Gasteiger partial charge in [-0.1, -0.05) is 6.07 Å². The van der Waals surface area contributed by atoms with Gasteiger partial charge in [0.25, 0.3) is 0 Å². The van der Waals surface area contributed by atoms with Crippen LogP contribution in [0.2, 0.25) is 0 Å². The van der Waals surface area contributed by atoms with Gasteiger partial charge in [-0.3, -0.25) is 4.79 Å². The first-order valence-electron chi connectivity index (χ1n) is 8.43. The Hall–Kier alpha value is -2.32. The smallest absolute Gasteiger partial charge is 0.243 e. The number of anilines is 1. The topological polar surface area (TPSA) is 66.5 Å². The monoisotopic (exact) mass is 396 g/mol. The number of benzene rings is 2. The van der Waals surface area contributed by atoms with Crippen LogP contribution in [0.4, 0.5) is 14.5 Å². The van der Waals surface area contributed by atoms with Gasteiger partial charge in [0, 0.05) is 25.2 Å². The first-order valence-corrected chi connectivity index (χ1v) is 9.87. The van der Waals surface area contributed by atoms with Crippen LogP contribution in [0.25, 0.3) is 0 Å². The maximum absolute atomic E-state index is 13.2. The van der Waals surface area contributed by atoms with Crippen LogP contribution in [0.3, 0.4) is 0 Å². The van der Waals surface area contributed by atoms with E-state index in [1.165, 1.54) is 41.7 Å². The molecule has 0 aromatic heterocycles. The number of sulfonamides is 1. The zero-order valence-corrected chi connectivity index (χ0v) is 16.2. The predicted octanol–water partition coefficient (Wildman–Crippen LogP) is 3.57. The summed E-state index contributed by atoms with van der Waals surface area (Å²) in [7, 11) is -2.07. The molecule has 1 N–H and O–H groups in total. The van der Waals surface area contributed by atoms with E-state index >= 15 is 0 Å². The zero-order chi connectivity index (χ0) is 20.2. The number of halogens is 2. The lowest BCUT2D eigenvalue weighted by molar-refractivity contribution is -0.116. The van der Waals surface area contributed by atoms with Gasteiger partial charge >= 0.3 is 0 Å². The highest BCUT2D eigenvalue weighted by molar-refractivity contribution is 7.89. The quantitative estimate of drug-likeness (QED) is 0.778. The van der Waals surface area contributed by atoms with Crippen LogP contribution in [0.15, 0.2) is 47.4 Å². The molecule has 0 fully saturated rings. The summed E-state index contributed by atoms with van der Waals surface area (Å²) < 4.78 is 52.1. The minimum atomic E-state index is -3.58. The molecule has 2 rings (SSSR count). The summed E-state index contributed by atoms with van der Waals surface area (Å²) >= 11 is 0. The molecule has 146 valence electrons. The number of rotatable bonds is 7. The van der Waals surface area contributed by atoms with Gasteiger partial charge in [0.1, 0.15) is 0 Å². The van der Waals surface area contributed by atoms with Crippen molar-refractivity contribution < 1.29 is 22.0 Å². The van der Waals surface area contributed by atoms with E-state index in [9.17, 15) is 22.0 Å². The average Bonchev–Trinajstić information content (AvgIpc) is 2.62. The van der Waals surface area contributed by atoms with Crippen LogP contribution >= 0.6 is 0 Å². The number of nitrogens with one attached hydrogen (secondary N) is 1. The maximum atomic E-state index is 13.2. The van der Waals surface area contributed by atoms with Gasteiger partial charge in [-0.15, -0.1) is 0 Å². The standard InChI is InChI=1S/C19H22F2N2O3S/c1-13(2)23(3)27(25,26)16-8-6-15(7-9-16)22-19(24)11-5-14-4-10-17(20)18(21)12-14/h4,6-10,12-13H,5,11H2,1-3H3,(H,22,24). The molecule has 0 heterocycles. The molecule has 27 heavy (non-hydrogen) atoms. The molecule has 5 nitrogen and oxygen atoms in total. The van der Waals surface area contributed by atoms with Gasteiger partial charge < -0.3 is 5.32 Å². The highest BCUT2D eigenvalue weighted by Crippen LogP contribution is 2.19. The fourth-order valence-electron chi connectivity index (χ4n) is 2.33. The molecule has 0 unspecified atom stereocenters. The molecule has 8 heteroatoms. The molecule has 2 aromatic carbocycles. The van der Waals surface area contributed by atoms with Crippen molar-refractivity contribution in [1.82, 2.24) is 4.31 Å². The second-order valence-electron chi connectivity index (χ2n) is 6.44. The third-order valence-electron chi connectivity index (χ3n) is 4.17. The number of hydrogen-bond acceptors (Lipinski definition) is 3. The summed E-state index contributed by atoms with van der Waals surface area (Å²) in [5.74, 6) is -2.19. The van der Waals surface area contributed by atoms with Gasteiger partial charge in [-0.25, -0.2) is 17.2 Å². The van der Waals surface area contributed by atoms with Crippen LogP contribution in [0.1, 0.15) is 25.8 Å². The lowest BCUT2D eigenvalue weighted by Crippen LogP contribution is -2.33. The Labute approximate surface area is 158 Å². The first-order chi connectivity index (χ1) is 12.6. The van der Waals surface area contributed by atoms with E-state index in [2.05, 4.69) is 5.32 Å². The maximum Gasteiger partial charge on any atom is 0.243 e. The Bertz CT molecular complexity index is 913. The average molecular weight is 396 g/mol. The number of aryl methyl sites for hydroxylation is 1. The third-order valence-corrected chi connectivity index (χ3v) is 6.21. The van der Waals surface area contributed by atoms with E-state index in [1.54, 1.807) is 13.8 Å². The lowest BCUT2D eigenvalue weighted by atomic mass is 10.1. The third kappa shape index (κ3) is 5.33. The first kappa shape index (κ1) is 21.0. The number of carbonyl (C=O) groups excluding carboxylic acids is 1. The number of carbonyl (C=O) groups is 1. The van der Waals surface area contributed by atoms with Gasteiger partial charge in [0.15, 0.2) is 11.6 Å². The van der Waals surface area contributed by atoms with E-state index in [-0.39, 0.29) is 29.7 Å². The van der Waals surface area contributed by atoms with Crippen LogP contribution in [0.5, 0.6) is 0 Å². The van der Waals surface area contributed by atoms with Gasteiger partial charge in [-0.2, -0.15) is 4.31 Å². The van der Waals surface area contributed by atoms with Crippen molar-refractivity contribution in [3.05, 3.63) is 59.7 Å². The van der Waals surface area contributed by atoms with Crippen LogP contribution in [-0.4, -0.2) is 31.7 Å². The fourth-order valence-corrected chi connectivity index (χ4v) is 3.70. The fraction of sp³-hybridized carbons (Fsp3) is 0.316. The van der Waals surface area contributed by atoms with E-state index < -0.39 is 21.7 Å². The van der Waals surface area contributed by atoms with Gasteiger partial charge in [-0.05, 0) is 62.2 Å². The second-order valence-corrected chi connectivity index (χ2v) is 8.43. The zero-order valence-electron chi connectivity index (χ0n) is 15.4. The summed E-state index contributed by atoms with van der Waals surface area (Å²) in [6.07, 6.45) is 0.343. The number of nitrogens with zero attached hydrogens (tertiary/aromatic N) is 1. The largest absolute Gasteiger partial charge is 0.326 e. The molecule has 0 radical (unpaired) electrons. The van der Waals surface area contributed by atoms with Crippen molar-refractivity contribution in [1.29, 1.82) is 0 Å². The minimum absolute atomic E-state index is 0.0845. The minimum Gasteiger partial charge on any atom is -0.326 e. The van der Waals surface area contributed by atoms with Crippen LogP contribution < -0.4 is 5.32 Å². The predicted molar refractivity (Wildman–Crippen MR) is 99.8 cm³/mol. The Balaban J connectivity index is 1.97. The molecule has 0 saturated heterocycles. The van der Waals surface area contributed by atoms with Crippen molar-refractivity contribution >= 4 is 21.6 Å². The Morgan fingerprint density at radius 2 is 1.70 bits per heavy atom. The van der Waals surface area contributed by atoms with E-state index in [1.807, 2.05) is 0 Å². The Morgan fingerprint density at radius 1 is 1.07 bits per heavy atom. The molecular weight excluding hydrogens is 374 g/mol. The summed E-state index contributed by atoms with van der Waals surface area (Å²) in [6, 6.07) is 9.22. The lowest BCUT2D eigenvalue weighted by Gasteiger charge is -2.21. The van der Waals surface area contributed by atoms with E-state index in [4.69, 9.17) is 0 Å². The molecule has 0 atom stereocenters. The SMILES string of the molecule is CC(C)N(C)S(=O)(=O)c1ccc(NC(=O)CCc2ccc(F)c(F)c2)cc1.